The van der Waals surface area contributed by atoms with Crippen molar-refractivity contribution in [3.05, 3.63) is 46.5 Å². The molecule has 2 heteroatoms. The molecule has 1 N–H and O–H groups in total. The number of carboxylic acids is 1. The van der Waals surface area contributed by atoms with E-state index < -0.39 is 5.97 Å². The average molecular weight is 367 g/mol. The Morgan fingerprint density at radius 1 is 1.11 bits per heavy atom. The van der Waals surface area contributed by atoms with Gasteiger partial charge in [0, 0.05) is 5.56 Å². The molecular formula is C25H34O2. The van der Waals surface area contributed by atoms with Crippen LogP contribution in [0.4, 0.5) is 0 Å². The topological polar surface area (TPSA) is 37.3 Å². The van der Waals surface area contributed by atoms with E-state index in [9.17, 15) is 9.90 Å². The quantitative estimate of drug-likeness (QED) is 0.557. The van der Waals surface area contributed by atoms with Crippen molar-refractivity contribution in [2.75, 3.05) is 0 Å². The SMILES string of the molecule is Cc1ccc(C(=O)O)cc1C#CC1=CC(C)CCC(C)(C)CCCCCC1. The predicted octanol–water partition coefficient (Wildman–Crippen LogP) is 6.77. The Bertz CT molecular complexity index is 743. The molecule has 0 saturated carbocycles. The van der Waals surface area contributed by atoms with Crippen molar-refractivity contribution in [3.8, 4) is 11.8 Å². The second-order valence-electron chi connectivity index (χ2n) is 8.87. The standard InChI is InChI=1S/C25H34O2/c1-19-14-16-25(3,4)15-8-6-5-7-9-21(17-19)11-13-22-18-23(24(26)27)12-10-20(22)2/h10,12,17-19H,5-9,14-16H2,1-4H3,(H,26,27). The van der Waals surface area contributed by atoms with E-state index in [2.05, 4.69) is 38.7 Å². The van der Waals surface area contributed by atoms with Gasteiger partial charge in [-0.25, -0.2) is 4.79 Å². The summed E-state index contributed by atoms with van der Waals surface area (Å²) in [6.45, 7) is 9.07. The zero-order valence-corrected chi connectivity index (χ0v) is 17.4. The summed E-state index contributed by atoms with van der Waals surface area (Å²) in [5, 5.41) is 9.21. The summed E-state index contributed by atoms with van der Waals surface area (Å²) in [6, 6.07) is 5.17. The van der Waals surface area contributed by atoms with Crippen molar-refractivity contribution in [2.45, 2.75) is 79.1 Å². The number of aromatic carboxylic acids is 1. The van der Waals surface area contributed by atoms with Gasteiger partial charge in [0.25, 0.3) is 0 Å². The van der Waals surface area contributed by atoms with Crippen molar-refractivity contribution in [1.82, 2.24) is 0 Å². The Morgan fingerprint density at radius 3 is 2.59 bits per heavy atom. The molecule has 0 aliphatic heterocycles. The molecule has 1 aliphatic rings. The Kier molecular flexibility index (Phi) is 7.72. The van der Waals surface area contributed by atoms with Gasteiger partial charge in [-0.2, -0.15) is 0 Å². The van der Waals surface area contributed by atoms with E-state index in [1.165, 1.54) is 50.5 Å². The van der Waals surface area contributed by atoms with Crippen molar-refractivity contribution >= 4 is 5.97 Å². The van der Waals surface area contributed by atoms with E-state index >= 15 is 0 Å². The lowest BCUT2D eigenvalue weighted by molar-refractivity contribution is 0.0697. The van der Waals surface area contributed by atoms with E-state index in [-0.39, 0.29) is 0 Å². The molecule has 2 nitrogen and oxygen atoms in total. The van der Waals surface area contributed by atoms with Crippen molar-refractivity contribution < 1.29 is 9.90 Å². The maximum absolute atomic E-state index is 11.2. The van der Waals surface area contributed by atoms with E-state index in [1.54, 1.807) is 12.1 Å². The van der Waals surface area contributed by atoms with Crippen molar-refractivity contribution in [3.63, 3.8) is 0 Å². The normalized spacial score (nSPS) is 21.0. The monoisotopic (exact) mass is 366 g/mol. The first kappa shape index (κ1) is 21.3. The summed E-state index contributed by atoms with van der Waals surface area (Å²) in [7, 11) is 0. The minimum absolute atomic E-state index is 0.299. The van der Waals surface area contributed by atoms with Gasteiger partial charge in [-0.1, -0.05) is 64.0 Å². The number of carboxylic acid groups (broad SMARTS) is 1. The lowest BCUT2D eigenvalue weighted by Crippen LogP contribution is -2.13. The Labute approximate surface area is 165 Å². The third-order valence-electron chi connectivity index (χ3n) is 5.65. The highest BCUT2D eigenvalue weighted by molar-refractivity contribution is 5.88. The van der Waals surface area contributed by atoms with Crippen LogP contribution in [-0.2, 0) is 0 Å². The molecule has 1 aromatic carbocycles. The molecule has 1 unspecified atom stereocenters. The first-order chi connectivity index (χ1) is 12.8. The molecule has 1 atom stereocenters. The molecule has 0 aromatic heterocycles. The third-order valence-corrected chi connectivity index (χ3v) is 5.65. The number of rotatable bonds is 1. The molecule has 1 aromatic rings. The van der Waals surface area contributed by atoms with E-state index in [0.717, 1.165) is 17.5 Å². The Hall–Kier alpha value is -2.01. The summed E-state index contributed by atoms with van der Waals surface area (Å²) in [4.78, 5) is 11.2. The second-order valence-corrected chi connectivity index (χ2v) is 8.87. The third kappa shape index (κ3) is 7.25. The summed E-state index contributed by atoms with van der Waals surface area (Å²) < 4.78 is 0. The van der Waals surface area contributed by atoms with Gasteiger partial charge in [-0.15, -0.1) is 0 Å². The Morgan fingerprint density at radius 2 is 1.85 bits per heavy atom. The highest BCUT2D eigenvalue weighted by Crippen LogP contribution is 2.32. The fraction of sp³-hybridized carbons (Fsp3) is 0.560. The highest BCUT2D eigenvalue weighted by Gasteiger charge is 2.18. The maximum atomic E-state index is 11.2. The lowest BCUT2D eigenvalue weighted by atomic mass is 9.80. The summed E-state index contributed by atoms with van der Waals surface area (Å²) in [6.07, 6.45) is 12.2. The van der Waals surface area contributed by atoms with Gasteiger partial charge >= 0.3 is 5.97 Å². The van der Waals surface area contributed by atoms with Crippen LogP contribution in [0.25, 0.3) is 0 Å². The summed E-state index contributed by atoms with van der Waals surface area (Å²) >= 11 is 0. The number of allylic oxidation sites excluding steroid dienone is 2. The van der Waals surface area contributed by atoms with Crippen molar-refractivity contribution in [1.29, 1.82) is 0 Å². The molecule has 0 saturated heterocycles. The molecule has 0 heterocycles. The van der Waals surface area contributed by atoms with Gasteiger partial charge in [0.2, 0.25) is 0 Å². The fourth-order valence-corrected chi connectivity index (χ4v) is 3.67. The summed E-state index contributed by atoms with van der Waals surface area (Å²) in [5.41, 5.74) is 3.78. The predicted molar refractivity (Wildman–Crippen MR) is 113 cm³/mol. The molecule has 146 valence electrons. The molecule has 1 aliphatic carbocycles. The van der Waals surface area contributed by atoms with Gasteiger partial charge < -0.3 is 5.11 Å². The zero-order chi connectivity index (χ0) is 19.9. The molecule has 0 radical (unpaired) electrons. The number of hydrogen-bond acceptors (Lipinski definition) is 1. The molecule has 0 spiro atoms. The van der Waals surface area contributed by atoms with Gasteiger partial charge in [-0.3, -0.25) is 0 Å². The average Bonchev–Trinajstić information content (AvgIpc) is 2.60. The molecule has 27 heavy (non-hydrogen) atoms. The largest absolute Gasteiger partial charge is 0.478 e. The molecule has 0 bridgehead atoms. The van der Waals surface area contributed by atoms with Crippen LogP contribution in [-0.4, -0.2) is 11.1 Å². The van der Waals surface area contributed by atoms with Crippen LogP contribution in [0.3, 0.4) is 0 Å². The molecule has 2 rings (SSSR count). The Balaban J connectivity index is 2.22. The first-order valence-corrected chi connectivity index (χ1v) is 10.3. The number of aryl methyl sites for hydroxylation is 1. The lowest BCUT2D eigenvalue weighted by Gasteiger charge is -2.26. The van der Waals surface area contributed by atoms with Gasteiger partial charge in [0.15, 0.2) is 0 Å². The van der Waals surface area contributed by atoms with E-state index in [4.69, 9.17) is 0 Å². The van der Waals surface area contributed by atoms with Crippen LogP contribution in [0.5, 0.6) is 0 Å². The highest BCUT2D eigenvalue weighted by atomic mass is 16.4. The van der Waals surface area contributed by atoms with Crippen LogP contribution < -0.4 is 0 Å². The zero-order valence-electron chi connectivity index (χ0n) is 17.4. The van der Waals surface area contributed by atoms with Crippen LogP contribution in [0.15, 0.2) is 29.8 Å². The smallest absolute Gasteiger partial charge is 0.335 e. The number of hydrogen-bond donors (Lipinski definition) is 1. The maximum Gasteiger partial charge on any atom is 0.335 e. The van der Waals surface area contributed by atoms with Crippen LogP contribution in [0.2, 0.25) is 0 Å². The van der Waals surface area contributed by atoms with Gasteiger partial charge in [0.1, 0.15) is 0 Å². The second kappa shape index (κ2) is 9.79. The number of benzene rings is 1. The minimum Gasteiger partial charge on any atom is -0.478 e. The minimum atomic E-state index is -0.903. The molecular weight excluding hydrogens is 332 g/mol. The van der Waals surface area contributed by atoms with E-state index in [1.807, 2.05) is 13.0 Å². The summed E-state index contributed by atoms with van der Waals surface area (Å²) in [5.74, 6) is 6.24. The van der Waals surface area contributed by atoms with Crippen LogP contribution >= 0.6 is 0 Å². The number of carbonyl (C=O) groups is 1. The van der Waals surface area contributed by atoms with Crippen LogP contribution in [0, 0.1) is 30.1 Å². The van der Waals surface area contributed by atoms with Crippen molar-refractivity contribution in [2.24, 2.45) is 11.3 Å². The van der Waals surface area contributed by atoms with Crippen LogP contribution in [0.1, 0.15) is 93.6 Å². The first-order valence-electron chi connectivity index (χ1n) is 10.3. The molecule has 0 amide bonds. The van der Waals surface area contributed by atoms with Gasteiger partial charge in [-0.05, 0) is 73.6 Å². The van der Waals surface area contributed by atoms with E-state index in [0.29, 0.717) is 16.9 Å². The van der Waals surface area contributed by atoms with Gasteiger partial charge in [0.05, 0.1) is 5.56 Å². The fourth-order valence-electron chi connectivity index (χ4n) is 3.67. The molecule has 0 fully saturated rings.